The quantitative estimate of drug-likeness (QED) is 0.848. The Kier molecular flexibility index (Phi) is 5.30. The number of hydrogen-bond donors (Lipinski definition) is 1. The van der Waals surface area contributed by atoms with Gasteiger partial charge in [0.15, 0.2) is 5.76 Å². The lowest BCUT2D eigenvalue weighted by molar-refractivity contribution is -0.116. The fraction of sp³-hybridized carbons (Fsp3) is 0.474. The van der Waals surface area contributed by atoms with E-state index in [1.807, 2.05) is 19.2 Å². The highest BCUT2D eigenvalue weighted by Gasteiger charge is 2.12. The summed E-state index contributed by atoms with van der Waals surface area (Å²) in [6.07, 6.45) is 4.84. The average Bonchev–Trinajstić information content (AvgIpc) is 3.21. The van der Waals surface area contributed by atoms with Crippen LogP contribution in [-0.4, -0.2) is 29.6 Å². The molecule has 1 amide bonds. The highest BCUT2D eigenvalue weighted by Crippen LogP contribution is 2.24. The Morgan fingerprint density at radius 2 is 2.12 bits per heavy atom. The van der Waals surface area contributed by atoms with Crippen LogP contribution < -0.4 is 5.32 Å². The van der Waals surface area contributed by atoms with Crippen molar-refractivity contribution in [1.29, 1.82) is 0 Å². The van der Waals surface area contributed by atoms with Crippen molar-refractivity contribution in [2.75, 3.05) is 18.9 Å². The fourth-order valence-electron chi connectivity index (χ4n) is 3.11. The first-order valence-electron chi connectivity index (χ1n) is 8.68. The van der Waals surface area contributed by atoms with E-state index in [0.29, 0.717) is 19.5 Å². The van der Waals surface area contributed by atoms with Crippen LogP contribution in [0.5, 0.6) is 0 Å². The van der Waals surface area contributed by atoms with Gasteiger partial charge in [-0.1, -0.05) is 18.1 Å². The lowest BCUT2D eigenvalue weighted by Gasteiger charge is -2.14. The van der Waals surface area contributed by atoms with Gasteiger partial charge in [0.2, 0.25) is 5.91 Å². The van der Waals surface area contributed by atoms with Gasteiger partial charge in [0.25, 0.3) is 0 Å². The molecule has 0 bridgehead atoms. The number of carbonyl (C=O) groups excluding carboxylic acids is 1. The van der Waals surface area contributed by atoms with Crippen LogP contribution in [0.25, 0.3) is 0 Å². The van der Waals surface area contributed by atoms with Crippen LogP contribution in [0.4, 0.5) is 5.69 Å². The molecular formula is C19H25N3O2. The monoisotopic (exact) mass is 327 g/mol. The summed E-state index contributed by atoms with van der Waals surface area (Å²) in [6, 6.07) is 8.23. The summed E-state index contributed by atoms with van der Waals surface area (Å²) in [5.41, 5.74) is 4.67. The van der Waals surface area contributed by atoms with E-state index < -0.39 is 0 Å². The van der Waals surface area contributed by atoms with E-state index >= 15 is 0 Å². The van der Waals surface area contributed by atoms with Gasteiger partial charge in [-0.3, -0.25) is 9.69 Å². The zero-order chi connectivity index (χ0) is 16.9. The maximum Gasteiger partial charge on any atom is 0.225 e. The molecule has 1 heterocycles. The van der Waals surface area contributed by atoms with Crippen LogP contribution in [0.1, 0.15) is 42.3 Å². The van der Waals surface area contributed by atoms with Crippen molar-refractivity contribution in [1.82, 2.24) is 10.1 Å². The van der Waals surface area contributed by atoms with E-state index in [2.05, 4.69) is 34.4 Å². The van der Waals surface area contributed by atoms with Gasteiger partial charge in [-0.15, -0.1) is 0 Å². The lowest BCUT2D eigenvalue weighted by atomic mass is 10.1. The Morgan fingerprint density at radius 3 is 2.92 bits per heavy atom. The van der Waals surface area contributed by atoms with Gasteiger partial charge in [-0.2, -0.15) is 0 Å². The van der Waals surface area contributed by atoms with Gasteiger partial charge in [0.1, 0.15) is 0 Å². The van der Waals surface area contributed by atoms with Crippen LogP contribution >= 0.6 is 0 Å². The average molecular weight is 327 g/mol. The molecule has 0 unspecified atom stereocenters. The molecule has 3 rings (SSSR count). The Hall–Kier alpha value is -2.14. The van der Waals surface area contributed by atoms with Crippen LogP contribution in [0, 0.1) is 0 Å². The molecule has 1 aliphatic carbocycles. The molecule has 0 radical (unpaired) electrons. The number of nitrogens with zero attached hydrogens (tertiary/aromatic N) is 2. The Balaban J connectivity index is 1.45. The first-order chi connectivity index (χ1) is 11.6. The Labute approximate surface area is 143 Å². The number of rotatable bonds is 7. The molecule has 5 nitrogen and oxygen atoms in total. The minimum Gasteiger partial charge on any atom is -0.360 e. The summed E-state index contributed by atoms with van der Waals surface area (Å²) in [5.74, 6) is 0.889. The number of fused-ring (bicyclic) bond motifs is 1. The first-order valence-corrected chi connectivity index (χ1v) is 8.68. The number of anilines is 1. The fourth-order valence-corrected chi connectivity index (χ4v) is 3.11. The summed E-state index contributed by atoms with van der Waals surface area (Å²) in [7, 11) is 1.98. The second kappa shape index (κ2) is 7.62. The van der Waals surface area contributed by atoms with Crippen molar-refractivity contribution in [3.8, 4) is 0 Å². The minimum atomic E-state index is 0.0478. The van der Waals surface area contributed by atoms with Crippen LogP contribution in [0.2, 0.25) is 0 Å². The van der Waals surface area contributed by atoms with Crippen molar-refractivity contribution in [2.45, 2.75) is 45.6 Å². The smallest absolute Gasteiger partial charge is 0.225 e. The number of benzene rings is 1. The van der Waals surface area contributed by atoms with E-state index in [-0.39, 0.29) is 5.91 Å². The summed E-state index contributed by atoms with van der Waals surface area (Å²) in [6.45, 7) is 3.40. The number of nitrogens with one attached hydrogen (secondary N) is 1. The Bertz CT molecular complexity index is 708. The van der Waals surface area contributed by atoms with Crippen molar-refractivity contribution in [3.05, 3.63) is 46.8 Å². The standard InChI is InChI=1S/C19H25N3O2/c1-3-16-12-18(24-21-16)13-22(2)10-9-19(23)20-17-8-7-14-5-4-6-15(14)11-17/h7-8,11-12H,3-6,9-10,13H2,1-2H3,(H,20,23). The molecule has 24 heavy (non-hydrogen) atoms. The van der Waals surface area contributed by atoms with Crippen LogP contribution in [0.15, 0.2) is 28.8 Å². The van der Waals surface area contributed by atoms with Gasteiger partial charge < -0.3 is 9.84 Å². The zero-order valence-corrected chi connectivity index (χ0v) is 14.5. The topological polar surface area (TPSA) is 58.4 Å². The molecule has 0 saturated carbocycles. The molecule has 1 N–H and O–H groups in total. The summed E-state index contributed by atoms with van der Waals surface area (Å²) >= 11 is 0. The molecule has 2 aromatic rings. The predicted octanol–water partition coefficient (Wildman–Crippen LogP) is 3.19. The molecule has 1 aromatic heterocycles. The second-order valence-electron chi connectivity index (χ2n) is 6.51. The molecule has 1 aromatic carbocycles. The number of carbonyl (C=O) groups is 1. The summed E-state index contributed by atoms with van der Waals surface area (Å²) < 4.78 is 5.28. The predicted molar refractivity (Wildman–Crippen MR) is 93.9 cm³/mol. The highest BCUT2D eigenvalue weighted by molar-refractivity contribution is 5.91. The van der Waals surface area contributed by atoms with Gasteiger partial charge in [0.05, 0.1) is 12.2 Å². The molecule has 0 aliphatic heterocycles. The van der Waals surface area contributed by atoms with E-state index in [9.17, 15) is 4.79 Å². The molecule has 5 heteroatoms. The minimum absolute atomic E-state index is 0.0478. The van der Waals surface area contributed by atoms with Crippen molar-refractivity contribution < 1.29 is 9.32 Å². The molecule has 0 spiro atoms. The van der Waals surface area contributed by atoms with Gasteiger partial charge >= 0.3 is 0 Å². The molecular weight excluding hydrogens is 302 g/mol. The lowest BCUT2D eigenvalue weighted by Crippen LogP contribution is -2.23. The van der Waals surface area contributed by atoms with Crippen molar-refractivity contribution in [3.63, 3.8) is 0 Å². The van der Waals surface area contributed by atoms with E-state index in [0.717, 1.165) is 36.4 Å². The second-order valence-corrected chi connectivity index (χ2v) is 6.51. The number of aromatic nitrogens is 1. The number of aryl methyl sites for hydroxylation is 3. The Morgan fingerprint density at radius 1 is 1.29 bits per heavy atom. The molecule has 0 saturated heterocycles. The summed E-state index contributed by atoms with van der Waals surface area (Å²) in [5, 5.41) is 6.99. The van der Waals surface area contributed by atoms with Gasteiger partial charge in [-0.05, 0) is 56.0 Å². The van der Waals surface area contributed by atoms with Crippen LogP contribution in [-0.2, 0) is 30.6 Å². The summed E-state index contributed by atoms with van der Waals surface area (Å²) in [4.78, 5) is 14.2. The third-order valence-electron chi connectivity index (χ3n) is 4.50. The zero-order valence-electron chi connectivity index (χ0n) is 14.5. The first kappa shape index (κ1) is 16.7. The van der Waals surface area contributed by atoms with Crippen LogP contribution in [0.3, 0.4) is 0 Å². The third kappa shape index (κ3) is 4.23. The van der Waals surface area contributed by atoms with Crippen molar-refractivity contribution in [2.24, 2.45) is 0 Å². The van der Waals surface area contributed by atoms with Gasteiger partial charge in [0, 0.05) is 24.7 Å². The third-order valence-corrected chi connectivity index (χ3v) is 4.50. The van der Waals surface area contributed by atoms with Gasteiger partial charge in [-0.25, -0.2) is 0 Å². The highest BCUT2D eigenvalue weighted by atomic mass is 16.5. The number of amides is 1. The van der Waals surface area contributed by atoms with E-state index in [1.54, 1.807) is 0 Å². The largest absolute Gasteiger partial charge is 0.360 e. The molecule has 0 fully saturated rings. The maximum absolute atomic E-state index is 12.1. The SMILES string of the molecule is CCc1cc(CN(C)CCC(=O)Nc2ccc3c(c2)CCC3)on1. The number of hydrogen-bond acceptors (Lipinski definition) is 4. The molecule has 0 atom stereocenters. The van der Waals surface area contributed by atoms with E-state index in [4.69, 9.17) is 4.52 Å². The van der Waals surface area contributed by atoms with E-state index in [1.165, 1.54) is 17.5 Å². The molecule has 128 valence electrons. The normalized spacial score (nSPS) is 13.3. The van der Waals surface area contributed by atoms with Crippen molar-refractivity contribution >= 4 is 11.6 Å². The maximum atomic E-state index is 12.1. The molecule has 1 aliphatic rings.